The van der Waals surface area contributed by atoms with Crippen molar-refractivity contribution in [3.05, 3.63) is 28.2 Å². The molecule has 0 radical (unpaired) electrons. The van der Waals surface area contributed by atoms with Crippen molar-refractivity contribution in [1.82, 2.24) is 0 Å². The van der Waals surface area contributed by atoms with Gasteiger partial charge in [-0.1, -0.05) is 0 Å². The molecule has 1 saturated heterocycles. The highest BCUT2D eigenvalue weighted by Gasteiger charge is 2.38. The molecule has 1 unspecified atom stereocenters. The van der Waals surface area contributed by atoms with E-state index in [1.54, 1.807) is 12.1 Å². The first-order valence-corrected chi connectivity index (χ1v) is 6.97. The quantitative estimate of drug-likeness (QED) is 0.797. The molecule has 0 N–H and O–H groups in total. The molecule has 18 heavy (non-hydrogen) atoms. The van der Waals surface area contributed by atoms with Crippen LogP contribution in [0.3, 0.4) is 0 Å². The number of rotatable bonds is 4. The van der Waals surface area contributed by atoms with E-state index in [0.29, 0.717) is 18.8 Å². The summed E-state index contributed by atoms with van der Waals surface area (Å²) in [6.45, 7) is 5.07. The number of carbonyl (C=O) groups excluding carboxylic acids is 1. The van der Waals surface area contributed by atoms with Gasteiger partial charge >= 0.3 is 0 Å². The molecule has 2 rings (SSSR count). The van der Waals surface area contributed by atoms with Crippen molar-refractivity contribution < 1.29 is 14.3 Å². The van der Waals surface area contributed by atoms with Crippen molar-refractivity contribution in [1.29, 1.82) is 0 Å². The highest BCUT2D eigenvalue weighted by molar-refractivity contribution is 9.10. The Morgan fingerprint density at radius 3 is 2.89 bits per heavy atom. The van der Waals surface area contributed by atoms with Gasteiger partial charge in [-0.25, -0.2) is 0 Å². The second kappa shape index (κ2) is 5.41. The van der Waals surface area contributed by atoms with Gasteiger partial charge in [-0.3, -0.25) is 4.79 Å². The van der Waals surface area contributed by atoms with Gasteiger partial charge in [0, 0.05) is 12.2 Å². The number of ketones is 1. The van der Waals surface area contributed by atoms with E-state index in [-0.39, 0.29) is 5.78 Å². The van der Waals surface area contributed by atoms with Crippen LogP contribution in [0.15, 0.2) is 22.7 Å². The molecule has 0 bridgehead atoms. The van der Waals surface area contributed by atoms with Gasteiger partial charge in [0.2, 0.25) is 0 Å². The number of benzene rings is 1. The summed E-state index contributed by atoms with van der Waals surface area (Å²) in [6, 6.07) is 5.42. The molecule has 0 spiro atoms. The van der Waals surface area contributed by atoms with Crippen molar-refractivity contribution in [2.75, 3.05) is 13.2 Å². The van der Waals surface area contributed by atoms with Crippen LogP contribution in [0.5, 0.6) is 5.75 Å². The molecule has 1 aliphatic heterocycles. The van der Waals surface area contributed by atoms with E-state index >= 15 is 0 Å². The van der Waals surface area contributed by atoms with Crippen LogP contribution in [0.1, 0.15) is 37.0 Å². The van der Waals surface area contributed by atoms with Gasteiger partial charge in [-0.2, -0.15) is 0 Å². The maximum atomic E-state index is 12.4. The first-order chi connectivity index (χ1) is 8.57. The number of halogens is 1. The van der Waals surface area contributed by atoms with Crippen molar-refractivity contribution in [3.63, 3.8) is 0 Å². The number of carbonyl (C=O) groups is 1. The zero-order chi connectivity index (χ0) is 13.2. The molecule has 1 atom stereocenters. The molecule has 4 heteroatoms. The van der Waals surface area contributed by atoms with Gasteiger partial charge in [0.05, 0.1) is 11.1 Å². The average Bonchev–Trinajstić information content (AvgIpc) is 2.79. The van der Waals surface area contributed by atoms with E-state index in [0.717, 1.165) is 23.1 Å². The van der Waals surface area contributed by atoms with Gasteiger partial charge in [-0.15, -0.1) is 0 Å². The highest BCUT2D eigenvalue weighted by Crippen LogP contribution is 2.32. The van der Waals surface area contributed by atoms with Crippen LogP contribution >= 0.6 is 15.9 Å². The van der Waals surface area contributed by atoms with Crippen LogP contribution in [-0.2, 0) is 4.74 Å². The molecule has 1 fully saturated rings. The van der Waals surface area contributed by atoms with E-state index < -0.39 is 5.60 Å². The Hall–Kier alpha value is -0.870. The van der Waals surface area contributed by atoms with E-state index in [1.165, 1.54) is 0 Å². The Morgan fingerprint density at radius 2 is 2.33 bits per heavy atom. The average molecular weight is 313 g/mol. The maximum absolute atomic E-state index is 12.4. The molecule has 0 aliphatic carbocycles. The van der Waals surface area contributed by atoms with Crippen molar-refractivity contribution in [3.8, 4) is 5.75 Å². The minimum absolute atomic E-state index is 0.0451. The second-order valence-electron chi connectivity index (χ2n) is 4.59. The molecule has 1 aromatic rings. The van der Waals surface area contributed by atoms with Crippen LogP contribution < -0.4 is 4.74 Å². The molecular formula is C14H17BrO3. The largest absolute Gasteiger partial charge is 0.493 e. The molecule has 1 aromatic carbocycles. The van der Waals surface area contributed by atoms with E-state index in [1.807, 2.05) is 19.9 Å². The third-order valence-corrected chi connectivity index (χ3v) is 3.81. The van der Waals surface area contributed by atoms with E-state index in [2.05, 4.69) is 15.9 Å². The van der Waals surface area contributed by atoms with Crippen LogP contribution in [0.2, 0.25) is 0 Å². The fraction of sp³-hybridized carbons (Fsp3) is 0.500. The summed E-state index contributed by atoms with van der Waals surface area (Å²) in [5.74, 6) is 0.801. The lowest BCUT2D eigenvalue weighted by Crippen LogP contribution is -2.34. The Morgan fingerprint density at radius 1 is 1.56 bits per heavy atom. The van der Waals surface area contributed by atoms with Crippen LogP contribution in [0, 0.1) is 0 Å². The molecule has 3 nitrogen and oxygen atoms in total. The first-order valence-electron chi connectivity index (χ1n) is 6.18. The summed E-state index contributed by atoms with van der Waals surface area (Å²) in [5.41, 5.74) is 0.00164. The molecule has 98 valence electrons. The summed E-state index contributed by atoms with van der Waals surface area (Å²) < 4.78 is 11.8. The Balaban J connectivity index is 2.23. The summed E-state index contributed by atoms with van der Waals surface area (Å²) in [6.07, 6.45) is 1.73. The number of Topliss-reactive ketones (excluding diaryl/α,β-unsaturated/α-hetero) is 1. The number of hydrogen-bond acceptors (Lipinski definition) is 3. The number of ether oxygens (including phenoxy) is 2. The topological polar surface area (TPSA) is 35.5 Å². The Bertz CT molecular complexity index is 450. The molecular weight excluding hydrogens is 296 g/mol. The van der Waals surface area contributed by atoms with Crippen LogP contribution in [0.4, 0.5) is 0 Å². The Kier molecular flexibility index (Phi) is 4.07. The third-order valence-electron chi connectivity index (χ3n) is 3.19. The van der Waals surface area contributed by atoms with Crippen molar-refractivity contribution in [2.45, 2.75) is 32.3 Å². The minimum Gasteiger partial charge on any atom is -0.493 e. The number of hydrogen-bond donors (Lipinski definition) is 0. The molecule has 0 aromatic heterocycles. The van der Waals surface area contributed by atoms with E-state index in [4.69, 9.17) is 9.47 Å². The van der Waals surface area contributed by atoms with Crippen LogP contribution in [-0.4, -0.2) is 24.6 Å². The van der Waals surface area contributed by atoms with Gasteiger partial charge in [-0.05, 0) is 60.8 Å². The first kappa shape index (κ1) is 13.6. The lowest BCUT2D eigenvalue weighted by atomic mass is 9.92. The molecule has 0 saturated carbocycles. The summed E-state index contributed by atoms with van der Waals surface area (Å²) >= 11 is 3.42. The summed E-state index contributed by atoms with van der Waals surface area (Å²) in [5, 5.41) is 0. The fourth-order valence-electron chi connectivity index (χ4n) is 2.18. The normalized spacial score (nSPS) is 23.1. The maximum Gasteiger partial charge on any atom is 0.194 e. The lowest BCUT2D eigenvalue weighted by Gasteiger charge is -2.21. The van der Waals surface area contributed by atoms with Crippen molar-refractivity contribution in [2.24, 2.45) is 0 Å². The zero-order valence-corrected chi connectivity index (χ0v) is 12.2. The Labute approximate surface area is 116 Å². The highest BCUT2D eigenvalue weighted by atomic mass is 79.9. The van der Waals surface area contributed by atoms with E-state index in [9.17, 15) is 4.79 Å². The van der Waals surface area contributed by atoms with Gasteiger partial charge in [0.1, 0.15) is 11.4 Å². The third kappa shape index (κ3) is 2.59. The summed E-state index contributed by atoms with van der Waals surface area (Å²) in [7, 11) is 0. The summed E-state index contributed by atoms with van der Waals surface area (Å²) in [4.78, 5) is 12.4. The van der Waals surface area contributed by atoms with Crippen LogP contribution in [0.25, 0.3) is 0 Å². The van der Waals surface area contributed by atoms with Gasteiger partial charge in [0.15, 0.2) is 5.78 Å². The fourth-order valence-corrected chi connectivity index (χ4v) is 2.67. The standard InChI is InChI=1S/C14H17BrO3/c1-3-17-12-6-5-10(9-11(12)15)13(16)14(2)7-4-8-18-14/h5-6,9H,3-4,7-8H2,1-2H3. The molecule has 1 heterocycles. The van der Waals surface area contributed by atoms with Crippen molar-refractivity contribution >= 4 is 21.7 Å². The smallest absolute Gasteiger partial charge is 0.194 e. The van der Waals surface area contributed by atoms with Gasteiger partial charge in [0.25, 0.3) is 0 Å². The SMILES string of the molecule is CCOc1ccc(C(=O)C2(C)CCCO2)cc1Br. The second-order valence-corrected chi connectivity index (χ2v) is 5.44. The predicted octanol–water partition coefficient (Wildman–Crippen LogP) is 3.60. The molecule has 0 amide bonds. The molecule has 1 aliphatic rings. The monoisotopic (exact) mass is 312 g/mol. The lowest BCUT2D eigenvalue weighted by molar-refractivity contribution is 0.0213. The van der Waals surface area contributed by atoms with Gasteiger partial charge < -0.3 is 9.47 Å². The zero-order valence-electron chi connectivity index (χ0n) is 10.7. The predicted molar refractivity (Wildman–Crippen MR) is 73.2 cm³/mol. The minimum atomic E-state index is -0.660.